The molecule has 0 aromatic rings. The fraction of sp³-hybridized carbons (Fsp3) is 1.00. The zero-order chi connectivity index (χ0) is 12.3. The largest absolute Gasteiger partial charge is 0.317 e. The second-order valence-corrected chi connectivity index (χ2v) is 3.93. The van der Waals surface area contributed by atoms with E-state index >= 15 is 0 Å². The van der Waals surface area contributed by atoms with E-state index in [4.69, 9.17) is 11.1 Å². The Morgan fingerprint density at radius 2 is 1.59 bits per heavy atom. The molecule has 94 valence electrons. The molecule has 17 heavy (non-hydrogen) atoms. The van der Waals surface area contributed by atoms with Crippen LogP contribution in [0.3, 0.4) is 0 Å². The molecule has 0 atom stereocenters. The number of hydrogen-bond donors (Lipinski definition) is 1. The van der Waals surface area contributed by atoms with Crippen LogP contribution in [0.5, 0.6) is 0 Å². The minimum absolute atomic E-state index is 0.469. The second-order valence-electron chi connectivity index (χ2n) is 3.93. The summed E-state index contributed by atoms with van der Waals surface area (Å²) in [5.41, 5.74) is 16.5. The zero-order valence-electron chi connectivity index (χ0n) is 9.86. The number of nitrogens with zero attached hydrogens (tertiary/aromatic N) is 7. The van der Waals surface area contributed by atoms with Gasteiger partial charge >= 0.3 is 0 Å². The van der Waals surface area contributed by atoms with Gasteiger partial charge in [-0.25, -0.2) is 0 Å². The van der Waals surface area contributed by atoms with Crippen LogP contribution >= 0.6 is 0 Å². The molecular formula is C9H18N8. The monoisotopic (exact) mass is 238 g/mol. The van der Waals surface area contributed by atoms with Gasteiger partial charge in [0.15, 0.2) is 0 Å². The predicted octanol–water partition coefficient (Wildman–Crippen LogP) is 1.66. The highest BCUT2D eigenvalue weighted by molar-refractivity contribution is 4.78. The molecule has 0 bridgehead atoms. The van der Waals surface area contributed by atoms with Crippen LogP contribution in [0.1, 0.15) is 12.8 Å². The third kappa shape index (κ3) is 5.42. The molecule has 1 fully saturated rings. The Hall–Kier alpha value is -1.46. The van der Waals surface area contributed by atoms with Crippen LogP contribution in [0.15, 0.2) is 10.2 Å². The Labute approximate surface area is 100 Å². The highest BCUT2D eigenvalue weighted by Crippen LogP contribution is 2.11. The maximum atomic E-state index is 8.27. The number of rotatable bonds is 7. The van der Waals surface area contributed by atoms with Gasteiger partial charge in [-0.3, -0.25) is 0 Å². The number of hydrogen-bond acceptors (Lipinski definition) is 4. The van der Waals surface area contributed by atoms with Crippen LogP contribution in [-0.4, -0.2) is 50.2 Å². The molecule has 1 aliphatic rings. The van der Waals surface area contributed by atoms with E-state index in [2.05, 4.69) is 30.3 Å². The van der Waals surface area contributed by atoms with E-state index in [0.29, 0.717) is 19.1 Å². The molecule has 8 nitrogen and oxygen atoms in total. The molecule has 1 aliphatic heterocycles. The van der Waals surface area contributed by atoms with Crippen molar-refractivity contribution in [3.8, 4) is 0 Å². The summed E-state index contributed by atoms with van der Waals surface area (Å²) in [6.45, 7) is 4.44. The van der Waals surface area contributed by atoms with Crippen molar-refractivity contribution in [3.63, 3.8) is 0 Å². The van der Waals surface area contributed by atoms with E-state index in [-0.39, 0.29) is 0 Å². The van der Waals surface area contributed by atoms with E-state index in [9.17, 15) is 0 Å². The molecule has 1 saturated heterocycles. The van der Waals surface area contributed by atoms with Gasteiger partial charge in [0.05, 0.1) is 0 Å². The van der Waals surface area contributed by atoms with Gasteiger partial charge in [0.1, 0.15) is 0 Å². The molecule has 0 unspecified atom stereocenters. The molecule has 1 N–H and O–H groups in total. The zero-order valence-corrected chi connectivity index (χ0v) is 9.86. The third-order valence-corrected chi connectivity index (χ3v) is 2.93. The SMILES string of the molecule is [N-]=[N+]=NCCN(CCN=[N+]=[N-])C1CCNCC1. The third-order valence-electron chi connectivity index (χ3n) is 2.93. The van der Waals surface area contributed by atoms with Crippen molar-refractivity contribution in [2.75, 3.05) is 39.3 Å². The van der Waals surface area contributed by atoms with Crippen molar-refractivity contribution < 1.29 is 0 Å². The summed E-state index contributed by atoms with van der Waals surface area (Å²) in [6.07, 6.45) is 2.18. The van der Waals surface area contributed by atoms with Crippen LogP contribution in [0, 0.1) is 0 Å². The number of nitrogens with one attached hydrogen (secondary N) is 1. The lowest BCUT2D eigenvalue weighted by Gasteiger charge is -2.34. The lowest BCUT2D eigenvalue weighted by atomic mass is 10.0. The fourth-order valence-corrected chi connectivity index (χ4v) is 2.08. The second kappa shape index (κ2) is 8.66. The van der Waals surface area contributed by atoms with Gasteiger partial charge in [-0.05, 0) is 37.0 Å². The minimum atomic E-state index is 0.469. The molecule has 0 aromatic carbocycles. The first kappa shape index (κ1) is 13.6. The first-order chi connectivity index (χ1) is 8.38. The fourth-order valence-electron chi connectivity index (χ4n) is 2.08. The standard InChI is InChI=1S/C9H18N8/c10-15-13-5-7-17(8-6-14-16-11)9-1-3-12-4-2-9/h9,12H,1-8H2. The minimum Gasteiger partial charge on any atom is -0.317 e. The van der Waals surface area contributed by atoms with Gasteiger partial charge in [0.25, 0.3) is 0 Å². The van der Waals surface area contributed by atoms with E-state index in [1.807, 2.05) is 0 Å². The van der Waals surface area contributed by atoms with Gasteiger partial charge in [-0.15, -0.1) is 0 Å². The van der Waals surface area contributed by atoms with E-state index < -0.39 is 0 Å². The van der Waals surface area contributed by atoms with Crippen LogP contribution in [0.2, 0.25) is 0 Å². The van der Waals surface area contributed by atoms with Gasteiger partial charge in [0, 0.05) is 42.0 Å². The maximum Gasteiger partial charge on any atom is 0.0385 e. The Bertz CT molecular complexity index is 276. The van der Waals surface area contributed by atoms with Crippen LogP contribution in [0.4, 0.5) is 0 Å². The van der Waals surface area contributed by atoms with Crippen molar-refractivity contribution in [1.29, 1.82) is 0 Å². The van der Waals surface area contributed by atoms with Gasteiger partial charge in [0.2, 0.25) is 0 Å². The topological polar surface area (TPSA) is 113 Å². The summed E-state index contributed by atoms with van der Waals surface area (Å²) in [4.78, 5) is 7.76. The molecule has 1 heterocycles. The number of azide groups is 2. The Morgan fingerprint density at radius 3 is 2.06 bits per heavy atom. The predicted molar refractivity (Wildman–Crippen MR) is 65.5 cm³/mol. The molecule has 1 rings (SSSR count). The molecular weight excluding hydrogens is 220 g/mol. The van der Waals surface area contributed by atoms with Crippen molar-refractivity contribution in [2.45, 2.75) is 18.9 Å². The maximum absolute atomic E-state index is 8.27. The molecule has 0 saturated carbocycles. The van der Waals surface area contributed by atoms with Crippen molar-refractivity contribution in [2.24, 2.45) is 10.2 Å². The van der Waals surface area contributed by atoms with Crippen molar-refractivity contribution in [1.82, 2.24) is 10.2 Å². The highest BCUT2D eigenvalue weighted by Gasteiger charge is 2.19. The lowest BCUT2D eigenvalue weighted by molar-refractivity contribution is 0.171. The van der Waals surface area contributed by atoms with Gasteiger partial charge < -0.3 is 10.2 Å². The molecule has 0 aliphatic carbocycles. The molecule has 0 radical (unpaired) electrons. The lowest BCUT2D eigenvalue weighted by Crippen LogP contribution is -2.45. The normalized spacial score (nSPS) is 16.3. The summed E-state index contributed by atoms with van der Waals surface area (Å²) >= 11 is 0. The van der Waals surface area contributed by atoms with E-state index in [0.717, 1.165) is 39.0 Å². The quantitative estimate of drug-likeness (QED) is 0.413. The number of piperidine rings is 1. The van der Waals surface area contributed by atoms with Crippen LogP contribution < -0.4 is 5.32 Å². The summed E-state index contributed by atoms with van der Waals surface area (Å²) in [5.74, 6) is 0. The summed E-state index contributed by atoms with van der Waals surface area (Å²) in [6, 6.07) is 0.499. The summed E-state index contributed by atoms with van der Waals surface area (Å²) in [7, 11) is 0. The van der Waals surface area contributed by atoms with Gasteiger partial charge in [-0.2, -0.15) is 0 Å². The molecule has 0 aromatic heterocycles. The molecule has 0 amide bonds. The van der Waals surface area contributed by atoms with Crippen LogP contribution in [-0.2, 0) is 0 Å². The van der Waals surface area contributed by atoms with E-state index in [1.54, 1.807) is 0 Å². The average Bonchev–Trinajstić information content (AvgIpc) is 2.38. The Morgan fingerprint density at radius 1 is 1.06 bits per heavy atom. The highest BCUT2D eigenvalue weighted by atomic mass is 15.2. The molecule has 0 spiro atoms. The van der Waals surface area contributed by atoms with Crippen molar-refractivity contribution >= 4 is 0 Å². The summed E-state index contributed by atoms with van der Waals surface area (Å²) in [5, 5.41) is 10.4. The summed E-state index contributed by atoms with van der Waals surface area (Å²) < 4.78 is 0. The van der Waals surface area contributed by atoms with Gasteiger partial charge in [-0.1, -0.05) is 10.2 Å². The first-order valence-electron chi connectivity index (χ1n) is 5.85. The molecule has 8 heteroatoms. The Kier molecular flexibility index (Phi) is 6.93. The smallest absolute Gasteiger partial charge is 0.0385 e. The Balaban J connectivity index is 2.43. The van der Waals surface area contributed by atoms with Crippen molar-refractivity contribution in [3.05, 3.63) is 20.9 Å². The van der Waals surface area contributed by atoms with Crippen LogP contribution in [0.25, 0.3) is 20.9 Å². The first-order valence-corrected chi connectivity index (χ1v) is 5.85. The average molecular weight is 238 g/mol. The van der Waals surface area contributed by atoms with E-state index in [1.165, 1.54) is 0 Å².